The van der Waals surface area contributed by atoms with Gasteiger partial charge in [-0.25, -0.2) is 8.78 Å². The van der Waals surface area contributed by atoms with Crippen LogP contribution in [0.1, 0.15) is 10.4 Å². The van der Waals surface area contributed by atoms with E-state index in [-0.39, 0.29) is 11.3 Å². The van der Waals surface area contributed by atoms with Gasteiger partial charge >= 0.3 is 0 Å². The summed E-state index contributed by atoms with van der Waals surface area (Å²) in [5.41, 5.74) is 0.428. The highest BCUT2D eigenvalue weighted by atomic mass is 19.1. The van der Waals surface area contributed by atoms with Gasteiger partial charge in [-0.2, -0.15) is 0 Å². The number of para-hydroxylation sites is 1. The van der Waals surface area contributed by atoms with Gasteiger partial charge in [-0.1, -0.05) is 12.1 Å². The number of carbonyl (C=O) groups is 2. The number of hydrogen-bond acceptors (Lipinski definition) is 2. The summed E-state index contributed by atoms with van der Waals surface area (Å²) >= 11 is 0. The molecule has 0 fully saturated rings. The van der Waals surface area contributed by atoms with Crippen LogP contribution in [0, 0.1) is 11.6 Å². The molecule has 0 bridgehead atoms. The summed E-state index contributed by atoms with van der Waals surface area (Å²) < 4.78 is 26.6. The number of halogens is 2. The van der Waals surface area contributed by atoms with Gasteiger partial charge in [-0.05, 0) is 30.3 Å². The Balaban J connectivity index is 1.89. The van der Waals surface area contributed by atoms with E-state index in [0.29, 0.717) is 10.9 Å². The van der Waals surface area contributed by atoms with E-state index < -0.39 is 23.3 Å². The SMILES string of the molecule is O=C(Nc1ccccc1F)C(=O)c1c[nH]c2cc(F)ccc12. The second kappa shape index (κ2) is 5.40. The minimum atomic E-state index is -0.963. The van der Waals surface area contributed by atoms with E-state index in [1.54, 1.807) is 0 Å². The minimum Gasteiger partial charge on any atom is -0.360 e. The van der Waals surface area contributed by atoms with Crippen molar-refractivity contribution >= 4 is 28.3 Å². The number of nitrogens with one attached hydrogen (secondary N) is 2. The van der Waals surface area contributed by atoms with Crippen LogP contribution in [0.3, 0.4) is 0 Å². The summed E-state index contributed by atoms with van der Waals surface area (Å²) in [4.78, 5) is 26.9. The standard InChI is InChI=1S/C16H10F2N2O2/c17-9-5-6-10-11(8-19-14(10)7-9)15(21)16(22)20-13-4-2-1-3-12(13)18/h1-8,19H,(H,20,22). The molecule has 0 aliphatic carbocycles. The Hall–Kier alpha value is -3.02. The summed E-state index contributed by atoms with van der Waals surface area (Å²) in [6, 6.07) is 9.37. The molecule has 0 aliphatic rings. The normalized spacial score (nSPS) is 10.6. The molecule has 6 heteroatoms. The number of anilines is 1. The van der Waals surface area contributed by atoms with Crippen LogP contribution in [0.2, 0.25) is 0 Å². The van der Waals surface area contributed by atoms with E-state index in [9.17, 15) is 18.4 Å². The Morgan fingerprint density at radius 2 is 1.82 bits per heavy atom. The molecule has 3 rings (SSSR count). The zero-order valence-corrected chi connectivity index (χ0v) is 11.2. The lowest BCUT2D eigenvalue weighted by atomic mass is 10.1. The van der Waals surface area contributed by atoms with Gasteiger partial charge in [-0.15, -0.1) is 0 Å². The molecule has 0 aliphatic heterocycles. The average Bonchev–Trinajstić information content (AvgIpc) is 2.91. The van der Waals surface area contributed by atoms with Crippen LogP contribution >= 0.6 is 0 Å². The molecule has 0 spiro atoms. The molecule has 110 valence electrons. The van der Waals surface area contributed by atoms with Crippen molar-refractivity contribution in [2.75, 3.05) is 5.32 Å². The Bertz CT molecular complexity index is 887. The largest absolute Gasteiger partial charge is 0.360 e. The first-order valence-corrected chi connectivity index (χ1v) is 6.43. The van der Waals surface area contributed by atoms with Gasteiger partial charge < -0.3 is 10.3 Å². The maximum Gasteiger partial charge on any atom is 0.296 e. The van der Waals surface area contributed by atoms with Crippen LogP contribution in [-0.2, 0) is 4.79 Å². The molecular weight excluding hydrogens is 290 g/mol. The molecule has 0 radical (unpaired) electrons. The molecule has 1 aromatic heterocycles. The Morgan fingerprint density at radius 3 is 2.59 bits per heavy atom. The lowest BCUT2D eigenvalue weighted by Gasteiger charge is -2.04. The second-order valence-corrected chi connectivity index (χ2v) is 4.66. The highest BCUT2D eigenvalue weighted by molar-refractivity contribution is 6.48. The van der Waals surface area contributed by atoms with Gasteiger partial charge in [0.2, 0.25) is 0 Å². The van der Waals surface area contributed by atoms with Gasteiger partial charge in [0.1, 0.15) is 11.6 Å². The van der Waals surface area contributed by atoms with Crippen molar-refractivity contribution in [2.24, 2.45) is 0 Å². The first-order valence-electron chi connectivity index (χ1n) is 6.43. The number of Topliss-reactive ketones (excluding diaryl/α,β-unsaturated/α-hetero) is 1. The van der Waals surface area contributed by atoms with Gasteiger partial charge in [0, 0.05) is 17.1 Å². The van der Waals surface area contributed by atoms with Crippen LogP contribution in [-0.4, -0.2) is 16.7 Å². The predicted octanol–water partition coefficient (Wildman–Crippen LogP) is 3.27. The number of fused-ring (bicyclic) bond motifs is 1. The van der Waals surface area contributed by atoms with Crippen LogP contribution in [0.5, 0.6) is 0 Å². The van der Waals surface area contributed by atoms with Crippen molar-refractivity contribution in [2.45, 2.75) is 0 Å². The third kappa shape index (κ3) is 2.46. The third-order valence-corrected chi connectivity index (χ3v) is 3.22. The molecule has 2 aromatic carbocycles. The summed E-state index contributed by atoms with van der Waals surface area (Å²) in [5, 5.41) is 2.65. The topological polar surface area (TPSA) is 62.0 Å². The molecule has 2 N–H and O–H groups in total. The van der Waals surface area contributed by atoms with Gasteiger partial charge in [0.05, 0.1) is 11.3 Å². The number of rotatable bonds is 3. The second-order valence-electron chi connectivity index (χ2n) is 4.66. The van der Waals surface area contributed by atoms with E-state index in [1.165, 1.54) is 48.7 Å². The number of hydrogen-bond donors (Lipinski definition) is 2. The lowest BCUT2D eigenvalue weighted by Crippen LogP contribution is -2.23. The van der Waals surface area contributed by atoms with Gasteiger partial charge in [-0.3, -0.25) is 9.59 Å². The fraction of sp³-hybridized carbons (Fsp3) is 0. The molecule has 0 saturated carbocycles. The number of benzene rings is 2. The van der Waals surface area contributed by atoms with Crippen molar-refractivity contribution in [3.63, 3.8) is 0 Å². The number of H-pyrrole nitrogens is 1. The molecule has 0 unspecified atom stereocenters. The average molecular weight is 300 g/mol. The van der Waals surface area contributed by atoms with E-state index in [0.717, 1.165) is 0 Å². The molecule has 1 heterocycles. The quantitative estimate of drug-likeness (QED) is 0.576. The maximum atomic E-state index is 13.5. The molecule has 0 atom stereocenters. The van der Waals surface area contributed by atoms with Crippen LogP contribution in [0.4, 0.5) is 14.5 Å². The molecular formula is C16H10F2N2O2. The molecule has 3 aromatic rings. The van der Waals surface area contributed by atoms with Crippen LogP contribution in [0.15, 0.2) is 48.7 Å². The molecule has 1 amide bonds. The van der Waals surface area contributed by atoms with E-state index >= 15 is 0 Å². The monoisotopic (exact) mass is 300 g/mol. The molecule has 22 heavy (non-hydrogen) atoms. The fourth-order valence-electron chi connectivity index (χ4n) is 2.15. The lowest BCUT2D eigenvalue weighted by molar-refractivity contribution is -0.112. The van der Waals surface area contributed by atoms with E-state index in [1.807, 2.05) is 0 Å². The smallest absolute Gasteiger partial charge is 0.296 e. The number of aromatic amines is 1. The Kier molecular flexibility index (Phi) is 3.42. The summed E-state index contributed by atoms with van der Waals surface area (Å²) in [7, 11) is 0. The van der Waals surface area contributed by atoms with Crippen molar-refractivity contribution in [1.82, 2.24) is 4.98 Å². The Labute approximate surface area is 123 Å². The third-order valence-electron chi connectivity index (χ3n) is 3.22. The number of aromatic nitrogens is 1. The number of ketones is 1. The van der Waals surface area contributed by atoms with Gasteiger partial charge in [0.15, 0.2) is 0 Å². The minimum absolute atomic E-state index is 0.0771. The Morgan fingerprint density at radius 1 is 1.05 bits per heavy atom. The van der Waals surface area contributed by atoms with Crippen molar-refractivity contribution < 1.29 is 18.4 Å². The summed E-state index contributed by atoms with van der Waals surface area (Å²) in [6.07, 6.45) is 1.33. The molecule has 4 nitrogen and oxygen atoms in total. The van der Waals surface area contributed by atoms with Crippen molar-refractivity contribution in [3.05, 3.63) is 65.9 Å². The summed E-state index contributed by atoms with van der Waals surface area (Å²) in [6.45, 7) is 0. The first kappa shape index (κ1) is 13.9. The highest BCUT2D eigenvalue weighted by Gasteiger charge is 2.21. The number of carbonyl (C=O) groups excluding carboxylic acids is 2. The van der Waals surface area contributed by atoms with Crippen molar-refractivity contribution in [1.29, 1.82) is 0 Å². The zero-order chi connectivity index (χ0) is 15.7. The fourth-order valence-corrected chi connectivity index (χ4v) is 2.15. The highest BCUT2D eigenvalue weighted by Crippen LogP contribution is 2.20. The van der Waals surface area contributed by atoms with E-state index in [2.05, 4.69) is 10.3 Å². The van der Waals surface area contributed by atoms with E-state index in [4.69, 9.17) is 0 Å². The van der Waals surface area contributed by atoms with Gasteiger partial charge in [0.25, 0.3) is 11.7 Å². The van der Waals surface area contributed by atoms with Crippen LogP contribution < -0.4 is 5.32 Å². The predicted molar refractivity (Wildman–Crippen MR) is 77.6 cm³/mol. The van der Waals surface area contributed by atoms with Crippen molar-refractivity contribution in [3.8, 4) is 0 Å². The zero-order valence-electron chi connectivity index (χ0n) is 11.2. The van der Waals surface area contributed by atoms with Crippen LogP contribution in [0.25, 0.3) is 10.9 Å². The maximum absolute atomic E-state index is 13.5. The number of amides is 1. The molecule has 0 saturated heterocycles. The first-order chi connectivity index (χ1) is 10.6. The summed E-state index contributed by atoms with van der Waals surface area (Å²) in [5.74, 6) is -2.88.